The summed E-state index contributed by atoms with van der Waals surface area (Å²) in [7, 11) is 0. The number of azide groups is 1. The van der Waals surface area contributed by atoms with Crippen LogP contribution in [0.25, 0.3) is 10.4 Å². The van der Waals surface area contributed by atoms with E-state index in [2.05, 4.69) is 15.0 Å². The molecule has 0 amide bonds. The highest BCUT2D eigenvalue weighted by molar-refractivity contribution is 5.23. The molecule has 18 heavy (non-hydrogen) atoms. The summed E-state index contributed by atoms with van der Waals surface area (Å²) in [4.78, 5) is 17.5. The maximum absolute atomic E-state index is 11.5. The van der Waals surface area contributed by atoms with Gasteiger partial charge in [-0.05, 0) is 11.6 Å². The van der Waals surface area contributed by atoms with Crippen LogP contribution in [0, 0.1) is 0 Å². The minimum absolute atomic E-state index is 0.0240. The van der Waals surface area contributed by atoms with E-state index in [0.717, 1.165) is 4.57 Å². The average molecular weight is 254 g/mol. The first kappa shape index (κ1) is 12.3. The largest absolute Gasteiger partial charge is 0.387 e. The second kappa shape index (κ2) is 4.63. The van der Waals surface area contributed by atoms with Crippen LogP contribution in [0.2, 0.25) is 0 Å². The number of nitrogen functional groups attached to an aromatic ring is 1. The first-order valence-electron chi connectivity index (χ1n) is 4.95. The van der Waals surface area contributed by atoms with Crippen molar-refractivity contribution in [1.29, 1.82) is 0 Å². The fraction of sp³-hybridized carbons (Fsp3) is 0.500. The Balaban J connectivity index is 2.34. The Morgan fingerprint density at radius 3 is 2.89 bits per heavy atom. The Morgan fingerprint density at radius 2 is 2.28 bits per heavy atom. The van der Waals surface area contributed by atoms with Crippen LogP contribution in [0.5, 0.6) is 0 Å². The number of aromatic nitrogens is 2. The topological polar surface area (TPSA) is 159 Å². The molecule has 0 aromatic carbocycles. The molecule has 4 atom stereocenters. The summed E-state index contributed by atoms with van der Waals surface area (Å²) < 4.78 is 6.05. The lowest BCUT2D eigenvalue weighted by Crippen LogP contribution is -2.35. The molecule has 2 heterocycles. The molecule has 10 nitrogen and oxygen atoms in total. The lowest BCUT2D eigenvalue weighted by Gasteiger charge is -2.16. The van der Waals surface area contributed by atoms with Crippen molar-refractivity contribution in [3.63, 3.8) is 0 Å². The van der Waals surface area contributed by atoms with Crippen LogP contribution in [0.1, 0.15) is 6.23 Å². The predicted molar refractivity (Wildman–Crippen MR) is 58.0 cm³/mol. The Kier molecular flexibility index (Phi) is 3.17. The van der Waals surface area contributed by atoms with E-state index in [0.29, 0.717) is 0 Å². The summed E-state index contributed by atoms with van der Waals surface area (Å²) in [5.41, 5.74) is 12.8. The molecular formula is C8H10N6O4. The summed E-state index contributed by atoms with van der Waals surface area (Å²) >= 11 is 0. The lowest BCUT2D eigenvalue weighted by molar-refractivity contribution is -0.0377. The van der Waals surface area contributed by atoms with Crippen LogP contribution in [0.15, 0.2) is 22.2 Å². The van der Waals surface area contributed by atoms with Gasteiger partial charge in [0.25, 0.3) is 0 Å². The Morgan fingerprint density at radius 1 is 1.56 bits per heavy atom. The second-order valence-corrected chi connectivity index (χ2v) is 3.65. The third kappa shape index (κ3) is 2.00. The molecule has 1 aromatic rings. The van der Waals surface area contributed by atoms with E-state index in [4.69, 9.17) is 16.0 Å². The number of ether oxygens (including phenoxy) is 1. The summed E-state index contributed by atoms with van der Waals surface area (Å²) in [6, 6.07) is 1.34. The number of rotatable bonds is 2. The van der Waals surface area contributed by atoms with Crippen molar-refractivity contribution < 1.29 is 14.9 Å². The van der Waals surface area contributed by atoms with Crippen LogP contribution < -0.4 is 11.4 Å². The van der Waals surface area contributed by atoms with Gasteiger partial charge in [0.15, 0.2) is 12.5 Å². The van der Waals surface area contributed by atoms with Gasteiger partial charge in [-0.15, -0.1) is 0 Å². The molecule has 10 heteroatoms. The number of hydrogen-bond donors (Lipinski definition) is 3. The number of hydrogen-bond acceptors (Lipinski definition) is 7. The normalized spacial score (nSPS) is 31.0. The van der Waals surface area contributed by atoms with Crippen LogP contribution in [0.4, 0.5) is 5.82 Å². The molecule has 1 aromatic heterocycles. The molecule has 0 bridgehead atoms. The highest BCUT2D eigenvalue weighted by Crippen LogP contribution is 2.28. The standard InChI is InChI=1S/C8H10N6O4/c9-3-1-2-14(8(17)11-3)7-5(16)4(15)6(18-7)12-13-10/h1-2,4-7,15-16H,(H2,9,11,17)/t4-,5+,6+,7+/m0/s1. The molecule has 1 saturated heterocycles. The number of anilines is 1. The van der Waals surface area contributed by atoms with Crippen LogP contribution in [0.3, 0.4) is 0 Å². The van der Waals surface area contributed by atoms with Crippen molar-refractivity contribution in [3.8, 4) is 0 Å². The van der Waals surface area contributed by atoms with Gasteiger partial charge in [0.2, 0.25) is 0 Å². The highest BCUT2D eigenvalue weighted by Gasteiger charge is 2.43. The monoisotopic (exact) mass is 254 g/mol. The molecule has 1 aliphatic rings. The van der Waals surface area contributed by atoms with E-state index in [9.17, 15) is 15.0 Å². The van der Waals surface area contributed by atoms with Gasteiger partial charge in [0.1, 0.15) is 18.0 Å². The lowest BCUT2D eigenvalue weighted by atomic mass is 10.2. The fourth-order valence-corrected chi connectivity index (χ4v) is 1.64. The zero-order chi connectivity index (χ0) is 13.3. The van der Waals surface area contributed by atoms with Crippen molar-refractivity contribution in [2.45, 2.75) is 24.7 Å². The molecular weight excluding hydrogens is 244 g/mol. The van der Waals surface area contributed by atoms with Crippen LogP contribution >= 0.6 is 0 Å². The third-order valence-corrected chi connectivity index (χ3v) is 2.50. The minimum Gasteiger partial charge on any atom is -0.387 e. The third-order valence-electron chi connectivity index (χ3n) is 2.50. The summed E-state index contributed by atoms with van der Waals surface area (Å²) in [6.45, 7) is 0. The molecule has 0 spiro atoms. The van der Waals surface area contributed by atoms with Gasteiger partial charge < -0.3 is 20.7 Å². The van der Waals surface area contributed by atoms with Crippen molar-refractivity contribution in [2.24, 2.45) is 5.11 Å². The fourth-order valence-electron chi connectivity index (χ4n) is 1.64. The molecule has 0 saturated carbocycles. The van der Waals surface area contributed by atoms with Crippen LogP contribution in [-0.4, -0.2) is 38.2 Å². The Labute approximate surface area is 99.9 Å². The minimum atomic E-state index is -1.42. The second-order valence-electron chi connectivity index (χ2n) is 3.65. The number of aliphatic hydroxyl groups excluding tert-OH is 2. The zero-order valence-electron chi connectivity index (χ0n) is 8.99. The molecule has 4 N–H and O–H groups in total. The van der Waals surface area contributed by atoms with Crippen molar-refractivity contribution in [3.05, 3.63) is 33.2 Å². The molecule has 0 unspecified atom stereocenters. The van der Waals surface area contributed by atoms with Gasteiger partial charge in [-0.3, -0.25) is 4.57 Å². The molecule has 96 valence electrons. The molecule has 1 fully saturated rings. The number of aliphatic hydroxyl groups is 2. The number of nitrogens with zero attached hydrogens (tertiary/aromatic N) is 5. The van der Waals surface area contributed by atoms with Crippen molar-refractivity contribution in [2.75, 3.05) is 5.73 Å². The predicted octanol–water partition coefficient (Wildman–Crippen LogP) is -1.29. The first-order valence-corrected chi connectivity index (χ1v) is 4.95. The van der Waals surface area contributed by atoms with Gasteiger partial charge in [0, 0.05) is 11.1 Å². The number of nitrogens with two attached hydrogens (primary N) is 1. The van der Waals surface area contributed by atoms with E-state index >= 15 is 0 Å². The van der Waals surface area contributed by atoms with Gasteiger partial charge in [-0.2, -0.15) is 4.98 Å². The van der Waals surface area contributed by atoms with E-state index < -0.39 is 30.4 Å². The van der Waals surface area contributed by atoms with Gasteiger partial charge >= 0.3 is 5.69 Å². The van der Waals surface area contributed by atoms with E-state index in [-0.39, 0.29) is 5.82 Å². The molecule has 2 rings (SSSR count). The maximum Gasteiger partial charge on any atom is 0.351 e. The van der Waals surface area contributed by atoms with Crippen molar-refractivity contribution >= 4 is 5.82 Å². The summed E-state index contributed by atoms with van der Waals surface area (Å²) in [5.74, 6) is 0.0240. The van der Waals surface area contributed by atoms with Crippen LogP contribution in [-0.2, 0) is 4.74 Å². The van der Waals surface area contributed by atoms with Gasteiger partial charge in [-0.25, -0.2) is 4.79 Å². The Hall–Kier alpha value is -2.13. The van der Waals surface area contributed by atoms with Gasteiger partial charge in [0.05, 0.1) is 0 Å². The average Bonchev–Trinajstić information content (AvgIpc) is 2.58. The smallest absolute Gasteiger partial charge is 0.351 e. The molecule has 0 aliphatic carbocycles. The zero-order valence-corrected chi connectivity index (χ0v) is 8.99. The quantitative estimate of drug-likeness (QED) is 0.338. The van der Waals surface area contributed by atoms with E-state index in [1.165, 1.54) is 12.3 Å². The molecule has 1 aliphatic heterocycles. The summed E-state index contributed by atoms with van der Waals surface area (Å²) in [6.07, 6.45) is -4.02. The van der Waals surface area contributed by atoms with E-state index in [1.807, 2.05) is 0 Å². The molecule has 0 radical (unpaired) electrons. The highest BCUT2D eigenvalue weighted by atomic mass is 16.6. The SMILES string of the molecule is [N-]=[N+]=N[C@@H]1O[C@@H](n2ccc(N)nc2=O)[C@H](O)[C@@H]1O. The van der Waals surface area contributed by atoms with Crippen molar-refractivity contribution in [1.82, 2.24) is 9.55 Å². The van der Waals surface area contributed by atoms with E-state index in [1.54, 1.807) is 0 Å². The first-order chi connectivity index (χ1) is 8.54. The van der Waals surface area contributed by atoms with Gasteiger partial charge in [-0.1, -0.05) is 5.11 Å². The Bertz CT molecular complexity index is 553. The maximum atomic E-state index is 11.5. The summed E-state index contributed by atoms with van der Waals surface area (Å²) in [5, 5.41) is 22.5.